The molecule has 2 unspecified atom stereocenters. The molecule has 0 amide bonds. The first-order valence-corrected chi connectivity index (χ1v) is 5.03. The van der Waals surface area contributed by atoms with Crippen molar-refractivity contribution in [3.8, 4) is 0 Å². The standard InChI is InChI=1S/C12H16O2/c1-12(2)10(13)8-6-4-5-7-9(8)11(12)14-3/h4-6,9,11H,7H2,1-3H3. The average molecular weight is 192 g/mol. The van der Waals surface area contributed by atoms with E-state index in [1.165, 1.54) is 0 Å². The molecular formula is C12H16O2. The van der Waals surface area contributed by atoms with Crippen LogP contribution < -0.4 is 0 Å². The lowest BCUT2D eigenvalue weighted by Crippen LogP contribution is -2.33. The van der Waals surface area contributed by atoms with Gasteiger partial charge in [-0.1, -0.05) is 32.1 Å². The molecule has 2 nitrogen and oxygen atoms in total. The summed E-state index contributed by atoms with van der Waals surface area (Å²) in [5.74, 6) is 0.520. The molecule has 0 N–H and O–H groups in total. The van der Waals surface area contributed by atoms with Crippen molar-refractivity contribution in [1.29, 1.82) is 0 Å². The third kappa shape index (κ3) is 1.10. The molecule has 0 aliphatic heterocycles. The Labute approximate surface area is 84.6 Å². The second-order valence-corrected chi connectivity index (χ2v) is 4.60. The maximum absolute atomic E-state index is 12.0. The van der Waals surface area contributed by atoms with Crippen molar-refractivity contribution >= 4 is 5.78 Å². The number of ketones is 1. The fourth-order valence-electron chi connectivity index (χ4n) is 2.64. The van der Waals surface area contributed by atoms with Gasteiger partial charge in [-0.05, 0) is 6.42 Å². The lowest BCUT2D eigenvalue weighted by atomic mass is 9.85. The molecule has 0 aromatic heterocycles. The van der Waals surface area contributed by atoms with Crippen LogP contribution in [-0.2, 0) is 9.53 Å². The first-order chi connectivity index (χ1) is 6.59. The van der Waals surface area contributed by atoms with Crippen LogP contribution in [0.1, 0.15) is 20.3 Å². The maximum Gasteiger partial charge on any atom is 0.167 e. The average Bonchev–Trinajstić information content (AvgIpc) is 2.36. The fraction of sp³-hybridized carbons (Fsp3) is 0.583. The summed E-state index contributed by atoms with van der Waals surface area (Å²) in [6.45, 7) is 3.95. The Balaban J connectivity index is 2.43. The van der Waals surface area contributed by atoms with Crippen LogP contribution in [0.3, 0.4) is 0 Å². The first kappa shape index (κ1) is 9.66. The zero-order valence-electron chi connectivity index (χ0n) is 8.91. The molecule has 0 radical (unpaired) electrons. The van der Waals surface area contributed by atoms with Gasteiger partial charge in [-0.3, -0.25) is 4.79 Å². The Hall–Kier alpha value is -0.890. The summed E-state index contributed by atoms with van der Waals surface area (Å²) in [6, 6.07) is 0. The topological polar surface area (TPSA) is 26.3 Å². The van der Waals surface area contributed by atoms with Crippen LogP contribution in [0.2, 0.25) is 0 Å². The van der Waals surface area contributed by atoms with E-state index in [1.807, 2.05) is 26.0 Å². The predicted molar refractivity (Wildman–Crippen MR) is 54.9 cm³/mol. The number of allylic oxidation sites excluding steroid dienone is 3. The lowest BCUT2D eigenvalue weighted by Gasteiger charge is -2.27. The monoisotopic (exact) mass is 192 g/mol. The molecule has 0 aromatic carbocycles. The van der Waals surface area contributed by atoms with Crippen molar-refractivity contribution in [2.75, 3.05) is 7.11 Å². The van der Waals surface area contributed by atoms with Crippen molar-refractivity contribution in [2.24, 2.45) is 11.3 Å². The molecule has 76 valence electrons. The zero-order valence-corrected chi connectivity index (χ0v) is 8.91. The minimum atomic E-state index is -0.364. The molecule has 2 aliphatic carbocycles. The fourth-order valence-corrected chi connectivity index (χ4v) is 2.64. The van der Waals surface area contributed by atoms with Gasteiger partial charge in [0.1, 0.15) is 0 Å². The zero-order chi connectivity index (χ0) is 10.3. The maximum atomic E-state index is 12.0. The lowest BCUT2D eigenvalue weighted by molar-refractivity contribution is -0.125. The first-order valence-electron chi connectivity index (χ1n) is 5.03. The van der Waals surface area contributed by atoms with Gasteiger partial charge < -0.3 is 4.74 Å². The van der Waals surface area contributed by atoms with E-state index in [2.05, 4.69) is 6.08 Å². The number of hydrogen-bond donors (Lipinski definition) is 0. The summed E-state index contributed by atoms with van der Waals surface area (Å²) in [5, 5.41) is 0. The quantitative estimate of drug-likeness (QED) is 0.636. The van der Waals surface area contributed by atoms with Crippen LogP contribution in [0.15, 0.2) is 23.8 Å². The smallest absolute Gasteiger partial charge is 0.167 e. The summed E-state index contributed by atoms with van der Waals surface area (Å²) in [4.78, 5) is 12.0. The number of ether oxygens (including phenoxy) is 1. The summed E-state index contributed by atoms with van der Waals surface area (Å²) in [6.07, 6.45) is 6.98. The molecule has 2 rings (SSSR count). The molecular weight excluding hydrogens is 176 g/mol. The molecule has 2 heteroatoms. The van der Waals surface area contributed by atoms with E-state index < -0.39 is 0 Å². The minimum Gasteiger partial charge on any atom is -0.380 e. The Bertz CT molecular complexity index is 323. The van der Waals surface area contributed by atoms with Gasteiger partial charge in [-0.2, -0.15) is 0 Å². The van der Waals surface area contributed by atoms with Gasteiger partial charge >= 0.3 is 0 Å². The van der Waals surface area contributed by atoms with Gasteiger partial charge in [-0.25, -0.2) is 0 Å². The predicted octanol–water partition coefficient (Wildman–Crippen LogP) is 2.11. The van der Waals surface area contributed by atoms with E-state index in [0.29, 0.717) is 0 Å². The third-order valence-corrected chi connectivity index (χ3v) is 3.38. The van der Waals surface area contributed by atoms with Gasteiger partial charge in [0.15, 0.2) is 5.78 Å². The van der Waals surface area contributed by atoms with Gasteiger partial charge in [-0.15, -0.1) is 0 Å². The molecule has 1 saturated carbocycles. The Morgan fingerprint density at radius 1 is 1.50 bits per heavy atom. The molecule has 2 atom stereocenters. The number of methoxy groups -OCH3 is 1. The third-order valence-electron chi connectivity index (χ3n) is 3.38. The van der Waals surface area contributed by atoms with Crippen LogP contribution in [0.4, 0.5) is 0 Å². The molecule has 2 aliphatic rings. The van der Waals surface area contributed by atoms with Crippen LogP contribution in [0.5, 0.6) is 0 Å². The van der Waals surface area contributed by atoms with Crippen LogP contribution in [-0.4, -0.2) is 19.0 Å². The highest BCUT2D eigenvalue weighted by Gasteiger charge is 2.51. The van der Waals surface area contributed by atoms with E-state index in [9.17, 15) is 4.79 Å². The summed E-state index contributed by atoms with van der Waals surface area (Å²) in [7, 11) is 1.70. The van der Waals surface area contributed by atoms with Crippen molar-refractivity contribution in [3.05, 3.63) is 23.8 Å². The molecule has 1 fully saturated rings. The van der Waals surface area contributed by atoms with Crippen LogP contribution in [0.25, 0.3) is 0 Å². The highest BCUT2D eigenvalue weighted by atomic mass is 16.5. The van der Waals surface area contributed by atoms with E-state index in [4.69, 9.17) is 4.74 Å². The Kier molecular flexibility index (Phi) is 2.11. The molecule has 14 heavy (non-hydrogen) atoms. The molecule has 0 aromatic rings. The number of carbonyl (C=O) groups excluding carboxylic acids is 1. The summed E-state index contributed by atoms with van der Waals surface area (Å²) < 4.78 is 5.47. The number of carbonyl (C=O) groups is 1. The highest BCUT2D eigenvalue weighted by Crippen LogP contribution is 2.46. The molecule has 0 saturated heterocycles. The van der Waals surface area contributed by atoms with E-state index in [1.54, 1.807) is 7.11 Å². The van der Waals surface area contributed by atoms with Crippen molar-refractivity contribution in [3.63, 3.8) is 0 Å². The SMILES string of the molecule is COC1C2CC=CC=C2C(=O)C1(C)C. The summed E-state index contributed by atoms with van der Waals surface area (Å²) in [5.41, 5.74) is 0.585. The normalized spacial score (nSPS) is 34.2. The highest BCUT2D eigenvalue weighted by molar-refractivity contribution is 6.03. The Morgan fingerprint density at radius 2 is 2.21 bits per heavy atom. The molecule has 0 heterocycles. The van der Waals surface area contributed by atoms with Gasteiger partial charge in [0.05, 0.1) is 11.5 Å². The molecule has 0 spiro atoms. The van der Waals surface area contributed by atoms with E-state index >= 15 is 0 Å². The summed E-state index contributed by atoms with van der Waals surface area (Å²) >= 11 is 0. The van der Waals surface area contributed by atoms with E-state index in [0.717, 1.165) is 12.0 Å². The second-order valence-electron chi connectivity index (χ2n) is 4.60. The van der Waals surface area contributed by atoms with Crippen molar-refractivity contribution < 1.29 is 9.53 Å². The van der Waals surface area contributed by atoms with Gasteiger partial charge in [0.25, 0.3) is 0 Å². The van der Waals surface area contributed by atoms with Crippen molar-refractivity contribution in [1.82, 2.24) is 0 Å². The van der Waals surface area contributed by atoms with Crippen LogP contribution in [0, 0.1) is 11.3 Å². The van der Waals surface area contributed by atoms with Crippen LogP contribution >= 0.6 is 0 Å². The number of rotatable bonds is 1. The Morgan fingerprint density at radius 3 is 2.86 bits per heavy atom. The molecule has 0 bridgehead atoms. The van der Waals surface area contributed by atoms with Crippen molar-refractivity contribution in [2.45, 2.75) is 26.4 Å². The largest absolute Gasteiger partial charge is 0.380 e. The van der Waals surface area contributed by atoms with Gasteiger partial charge in [0.2, 0.25) is 0 Å². The number of hydrogen-bond acceptors (Lipinski definition) is 2. The van der Waals surface area contributed by atoms with E-state index in [-0.39, 0.29) is 23.2 Å². The number of Topliss-reactive ketones (excluding diaryl/α,β-unsaturated/α-hetero) is 1. The van der Waals surface area contributed by atoms with Gasteiger partial charge in [0, 0.05) is 18.6 Å². The minimum absolute atomic E-state index is 0.0335. The second kappa shape index (κ2) is 3.06. The number of fused-ring (bicyclic) bond motifs is 1.